The third-order valence-electron chi connectivity index (χ3n) is 1.30. The van der Waals surface area contributed by atoms with Crippen molar-refractivity contribution in [3.63, 3.8) is 0 Å². The maximum Gasteiger partial charge on any atom is 0.229 e. The van der Waals surface area contributed by atoms with Gasteiger partial charge in [-0.05, 0) is 18.2 Å². The van der Waals surface area contributed by atoms with Crippen LogP contribution in [0.4, 0.5) is 5.69 Å². The number of anilines is 1. The van der Waals surface area contributed by atoms with Crippen LogP contribution >= 0.6 is 12.0 Å². The van der Waals surface area contributed by atoms with E-state index in [2.05, 4.69) is 14.1 Å². The summed E-state index contributed by atoms with van der Waals surface area (Å²) in [7, 11) is -3.30. The zero-order valence-electron chi connectivity index (χ0n) is 7.71. The first-order valence-electron chi connectivity index (χ1n) is 3.74. The number of benzene rings is 1. The first kappa shape index (κ1) is 12.3. The summed E-state index contributed by atoms with van der Waals surface area (Å²) in [5.74, 6) is 0. The molecule has 0 atom stereocenters. The van der Waals surface area contributed by atoms with Gasteiger partial charge >= 0.3 is 0 Å². The summed E-state index contributed by atoms with van der Waals surface area (Å²) in [5.41, 5.74) is 0.407. The summed E-state index contributed by atoms with van der Waals surface area (Å²) in [5, 5.41) is 11.3. The Morgan fingerprint density at radius 1 is 1.47 bits per heavy atom. The molecule has 0 aliphatic heterocycles. The highest BCUT2D eigenvalue weighted by Gasteiger charge is 2.03. The van der Waals surface area contributed by atoms with Gasteiger partial charge in [-0.15, -0.1) is 4.33 Å². The summed E-state index contributed by atoms with van der Waals surface area (Å²) in [6.07, 6.45) is 1.06. The van der Waals surface area contributed by atoms with E-state index in [4.69, 9.17) is 5.26 Å². The SMILES string of the molecule is CS(=O)(=O)Nc1cccc(SOOO)c1. The predicted molar refractivity (Wildman–Crippen MR) is 55.6 cm³/mol. The molecule has 84 valence electrons. The van der Waals surface area contributed by atoms with Gasteiger partial charge in [-0.2, -0.15) is 0 Å². The fourth-order valence-corrected chi connectivity index (χ4v) is 1.85. The van der Waals surface area contributed by atoms with Crippen molar-refractivity contribution in [2.45, 2.75) is 4.90 Å². The van der Waals surface area contributed by atoms with Crippen LogP contribution in [0.15, 0.2) is 29.2 Å². The summed E-state index contributed by atoms with van der Waals surface area (Å²) >= 11 is 0.754. The number of hydrogen-bond acceptors (Lipinski definition) is 6. The minimum Gasteiger partial charge on any atom is -0.284 e. The van der Waals surface area contributed by atoms with Gasteiger partial charge in [0.25, 0.3) is 0 Å². The lowest BCUT2D eigenvalue weighted by Crippen LogP contribution is -2.09. The smallest absolute Gasteiger partial charge is 0.229 e. The van der Waals surface area contributed by atoms with Crippen molar-refractivity contribution < 1.29 is 23.0 Å². The van der Waals surface area contributed by atoms with Crippen LogP contribution in [-0.4, -0.2) is 19.9 Å². The maximum atomic E-state index is 10.9. The fraction of sp³-hybridized carbons (Fsp3) is 0.143. The third-order valence-corrected chi connectivity index (χ3v) is 2.48. The van der Waals surface area contributed by atoms with Gasteiger partial charge < -0.3 is 0 Å². The molecule has 0 heterocycles. The van der Waals surface area contributed by atoms with Crippen molar-refractivity contribution in [1.29, 1.82) is 0 Å². The molecule has 0 radical (unpaired) electrons. The third kappa shape index (κ3) is 5.00. The second kappa shape index (κ2) is 5.33. The van der Waals surface area contributed by atoms with Crippen molar-refractivity contribution in [2.75, 3.05) is 11.0 Å². The second-order valence-electron chi connectivity index (χ2n) is 2.63. The maximum absolute atomic E-state index is 10.9. The highest BCUT2D eigenvalue weighted by Crippen LogP contribution is 2.22. The van der Waals surface area contributed by atoms with E-state index in [0.29, 0.717) is 10.6 Å². The molecule has 15 heavy (non-hydrogen) atoms. The molecule has 1 aromatic carbocycles. The second-order valence-corrected chi connectivity index (χ2v) is 5.15. The van der Waals surface area contributed by atoms with Crippen LogP contribution in [-0.2, 0) is 19.4 Å². The van der Waals surface area contributed by atoms with Crippen LogP contribution < -0.4 is 4.72 Å². The molecule has 0 aromatic heterocycles. The molecule has 1 aromatic rings. The lowest BCUT2D eigenvalue weighted by Gasteiger charge is -2.04. The molecule has 0 aliphatic carbocycles. The van der Waals surface area contributed by atoms with Gasteiger partial charge in [-0.1, -0.05) is 11.1 Å². The van der Waals surface area contributed by atoms with Crippen molar-refractivity contribution in [3.8, 4) is 0 Å². The first-order chi connectivity index (χ1) is 7.01. The fourth-order valence-electron chi connectivity index (χ4n) is 0.880. The topological polar surface area (TPSA) is 84.9 Å². The van der Waals surface area contributed by atoms with E-state index in [1.165, 1.54) is 6.07 Å². The minimum atomic E-state index is -3.30. The Morgan fingerprint density at radius 2 is 2.20 bits per heavy atom. The van der Waals surface area contributed by atoms with E-state index in [0.717, 1.165) is 18.3 Å². The molecule has 0 saturated carbocycles. The van der Waals surface area contributed by atoms with Gasteiger partial charge in [0.15, 0.2) is 0 Å². The van der Waals surface area contributed by atoms with Crippen LogP contribution in [0.3, 0.4) is 0 Å². The van der Waals surface area contributed by atoms with Crippen LogP contribution in [0.1, 0.15) is 0 Å². The van der Waals surface area contributed by atoms with Crippen LogP contribution in [0.25, 0.3) is 0 Å². The molecule has 1 rings (SSSR count). The molecule has 0 amide bonds. The number of sulfonamides is 1. The molecular formula is C7H9NO5S2. The molecule has 0 bridgehead atoms. The summed E-state index contributed by atoms with van der Waals surface area (Å²) in [6.45, 7) is 0. The predicted octanol–water partition coefficient (Wildman–Crippen LogP) is 1.49. The molecule has 2 N–H and O–H groups in total. The van der Waals surface area contributed by atoms with Gasteiger partial charge in [0.1, 0.15) is 0 Å². The molecule has 0 unspecified atom stereocenters. The molecule has 0 aliphatic rings. The summed E-state index contributed by atoms with van der Waals surface area (Å²) in [6, 6.07) is 6.42. The Balaban J connectivity index is 2.74. The quantitative estimate of drug-likeness (QED) is 0.468. The van der Waals surface area contributed by atoms with Gasteiger partial charge in [-0.25, -0.2) is 13.7 Å². The van der Waals surface area contributed by atoms with Crippen molar-refractivity contribution in [3.05, 3.63) is 24.3 Å². The van der Waals surface area contributed by atoms with Gasteiger partial charge in [0.2, 0.25) is 10.0 Å². The standard InChI is InChI=1S/C7H9NO5S2/c1-15(10,11)8-6-3-2-4-7(5-6)14-13-12-9/h2-5,8-9H,1H3. The molecule has 0 fully saturated rings. The van der Waals surface area contributed by atoms with E-state index < -0.39 is 10.0 Å². The zero-order valence-corrected chi connectivity index (χ0v) is 9.34. The highest BCUT2D eigenvalue weighted by atomic mass is 32.2. The Bertz CT molecular complexity index is 419. The zero-order chi connectivity index (χ0) is 11.3. The molecule has 8 heteroatoms. The van der Waals surface area contributed by atoms with Gasteiger partial charge in [0.05, 0.1) is 18.3 Å². The monoisotopic (exact) mass is 251 g/mol. The molecular weight excluding hydrogens is 242 g/mol. The van der Waals surface area contributed by atoms with Crippen molar-refractivity contribution in [2.24, 2.45) is 0 Å². The average molecular weight is 251 g/mol. The molecule has 0 saturated heterocycles. The number of hydrogen-bond donors (Lipinski definition) is 2. The van der Waals surface area contributed by atoms with Crippen LogP contribution in [0.5, 0.6) is 0 Å². The van der Waals surface area contributed by atoms with E-state index in [9.17, 15) is 8.42 Å². The van der Waals surface area contributed by atoms with Gasteiger partial charge in [0, 0.05) is 10.6 Å². The lowest BCUT2D eigenvalue weighted by molar-refractivity contribution is -0.432. The van der Waals surface area contributed by atoms with Crippen LogP contribution in [0, 0.1) is 0 Å². The highest BCUT2D eigenvalue weighted by molar-refractivity contribution is 7.94. The lowest BCUT2D eigenvalue weighted by atomic mass is 10.3. The average Bonchev–Trinajstić information content (AvgIpc) is 2.12. The Hall–Kier alpha value is -0.800. The Morgan fingerprint density at radius 3 is 2.80 bits per heavy atom. The van der Waals surface area contributed by atoms with E-state index in [-0.39, 0.29) is 0 Å². The Labute approximate surface area is 91.3 Å². The van der Waals surface area contributed by atoms with Crippen molar-refractivity contribution in [1.82, 2.24) is 0 Å². The molecule has 0 spiro atoms. The van der Waals surface area contributed by atoms with Gasteiger partial charge in [-0.3, -0.25) is 4.72 Å². The Kier molecular flexibility index (Phi) is 4.36. The normalized spacial score (nSPS) is 11.3. The number of rotatable bonds is 5. The number of nitrogens with one attached hydrogen (secondary N) is 1. The minimum absolute atomic E-state index is 0.407. The van der Waals surface area contributed by atoms with E-state index in [1.54, 1.807) is 18.2 Å². The largest absolute Gasteiger partial charge is 0.284 e. The first-order valence-corrected chi connectivity index (χ1v) is 6.37. The summed E-state index contributed by atoms with van der Waals surface area (Å²) in [4.78, 5) is 0.581. The van der Waals surface area contributed by atoms with Crippen molar-refractivity contribution >= 4 is 27.8 Å². The van der Waals surface area contributed by atoms with E-state index in [1.807, 2.05) is 0 Å². The molecule has 6 nitrogen and oxygen atoms in total. The summed E-state index contributed by atoms with van der Waals surface area (Å²) < 4.78 is 28.3. The van der Waals surface area contributed by atoms with E-state index >= 15 is 0 Å². The van der Waals surface area contributed by atoms with Crippen LogP contribution in [0.2, 0.25) is 0 Å².